The summed E-state index contributed by atoms with van der Waals surface area (Å²) in [5.74, 6) is 0. The number of fused-ring (bicyclic) bond motifs is 11. The molecular formula is C121H80N8. The van der Waals surface area contributed by atoms with E-state index in [2.05, 4.69) is 483 Å². The summed E-state index contributed by atoms with van der Waals surface area (Å²) in [4.78, 5) is 23.1. The summed E-state index contributed by atoms with van der Waals surface area (Å²) < 4.78 is 2.39. The maximum Gasteiger partial charge on any atom is 0.0949 e. The summed E-state index contributed by atoms with van der Waals surface area (Å²) in [6.45, 7) is 0. The molecule has 0 saturated heterocycles. The zero-order chi connectivity index (χ0) is 85.2. The van der Waals surface area contributed by atoms with Gasteiger partial charge in [-0.1, -0.05) is 285 Å². The lowest BCUT2D eigenvalue weighted by Crippen LogP contribution is -2.15. The van der Waals surface area contributed by atoms with Gasteiger partial charge in [0.15, 0.2) is 0 Å². The van der Waals surface area contributed by atoms with Gasteiger partial charge in [-0.05, 0) is 253 Å². The van der Waals surface area contributed by atoms with Crippen molar-refractivity contribution in [2.24, 2.45) is 0 Å². The number of rotatable bonds is 9. The molecule has 4 aromatic heterocycles. The van der Waals surface area contributed by atoms with E-state index in [1.807, 2.05) is 37.1 Å². The van der Waals surface area contributed by atoms with Gasteiger partial charge < -0.3 is 24.2 Å². The van der Waals surface area contributed by atoms with Crippen molar-refractivity contribution < 1.29 is 0 Å². The van der Waals surface area contributed by atoms with Crippen LogP contribution in [0.4, 0.5) is 68.2 Å². The lowest BCUT2D eigenvalue weighted by molar-refractivity contribution is 1.17. The van der Waals surface area contributed by atoms with Gasteiger partial charge in [0.2, 0.25) is 0 Å². The Labute approximate surface area is 748 Å². The average Bonchev–Trinajstić information content (AvgIpc) is 1.55. The van der Waals surface area contributed by atoms with Crippen LogP contribution in [-0.2, 0) is 0 Å². The molecule has 4 aliphatic rings. The number of benzene rings is 19. The van der Waals surface area contributed by atoms with Crippen LogP contribution in [0.15, 0.2) is 486 Å². The van der Waals surface area contributed by atoms with Gasteiger partial charge in [-0.3, -0.25) is 15.0 Å². The second-order valence-corrected chi connectivity index (χ2v) is 33.0. The second-order valence-electron chi connectivity index (χ2n) is 33.0. The van der Waals surface area contributed by atoms with Gasteiger partial charge in [-0.25, -0.2) is 0 Å². The Hall–Kier alpha value is -17.3. The summed E-state index contributed by atoms with van der Waals surface area (Å²) in [5.41, 5.74) is 37.1. The zero-order valence-corrected chi connectivity index (χ0v) is 70.3. The summed E-state index contributed by atoms with van der Waals surface area (Å²) in [6.07, 6.45) is 9.61. The van der Waals surface area contributed by atoms with E-state index in [0.717, 1.165) is 56.8 Å². The molecular weight excluding hydrogens is 1570 g/mol. The molecule has 8 nitrogen and oxygen atoms in total. The molecule has 0 aliphatic carbocycles. The van der Waals surface area contributed by atoms with E-state index in [9.17, 15) is 0 Å². The number of para-hydroxylation sites is 6. The minimum absolute atomic E-state index is 1.03. The van der Waals surface area contributed by atoms with Crippen LogP contribution < -0.4 is 19.6 Å². The standard InChI is InChI=1S/C40H26N2.3C27H18N2/c1-2-12-27(13-3-1)29-24-28-14-10-23-39-40(28)35(25-29)34-19-6-9-22-38(34)42(39)31-16-11-15-30(26-31)41-36-20-7-4-17-32(36)33-18-5-8-21-37(33)41;1-3-9-19(10-4-1)21-17-20-11-7-14-24-26(20)23(18-21)27-25(15-8-16-28-27)29(24)22-12-5-2-6-13-22;1-3-8-19(9-4-1)21-16-20-10-7-13-26-27(20)23(17-21)24-18-28-15-14-25(24)29(26)22-11-5-2-6-12-22;1-3-8-19(9-4-1)21-16-20-10-7-13-25-27(20)24(17-21)23-14-15-28-18-26(23)29(25)22-11-5-2-6-12-22/h1-26H;3*1-18H. The van der Waals surface area contributed by atoms with Crippen LogP contribution >= 0.6 is 0 Å². The highest BCUT2D eigenvalue weighted by Gasteiger charge is 2.33. The molecule has 0 fully saturated rings. The smallest absolute Gasteiger partial charge is 0.0949 e. The first kappa shape index (κ1) is 75.4. The van der Waals surface area contributed by atoms with Crippen molar-refractivity contribution in [1.29, 1.82) is 0 Å². The molecule has 0 spiro atoms. The highest BCUT2D eigenvalue weighted by molar-refractivity contribution is 6.20. The molecule has 8 heteroatoms. The fourth-order valence-electron chi connectivity index (χ4n) is 20.0. The number of nitrogens with zero attached hydrogens (tertiary/aromatic N) is 8. The van der Waals surface area contributed by atoms with E-state index in [1.165, 1.54) is 171 Å². The van der Waals surface area contributed by atoms with Gasteiger partial charge in [-0.2, -0.15) is 0 Å². The van der Waals surface area contributed by atoms with Crippen molar-refractivity contribution in [2.45, 2.75) is 0 Å². The van der Waals surface area contributed by atoms with E-state index < -0.39 is 0 Å². The van der Waals surface area contributed by atoms with E-state index in [4.69, 9.17) is 4.98 Å². The minimum atomic E-state index is 1.03. The Morgan fingerprint density at radius 3 is 0.977 bits per heavy atom. The largest absolute Gasteiger partial charge is 0.309 e. The van der Waals surface area contributed by atoms with Gasteiger partial charge >= 0.3 is 0 Å². The van der Waals surface area contributed by atoms with E-state index in [-0.39, 0.29) is 0 Å². The first-order valence-electron chi connectivity index (χ1n) is 43.9. The first-order valence-corrected chi connectivity index (χ1v) is 43.9. The predicted octanol–water partition coefficient (Wildman–Crippen LogP) is 33.1. The first-order chi connectivity index (χ1) is 64.0. The molecule has 8 heterocycles. The maximum atomic E-state index is 4.81. The molecule has 19 aromatic carbocycles. The van der Waals surface area contributed by atoms with Gasteiger partial charge in [0, 0.05) is 108 Å². The normalized spacial score (nSPS) is 12.1. The van der Waals surface area contributed by atoms with Crippen LogP contribution in [-0.4, -0.2) is 19.5 Å². The topological polar surface area (TPSA) is 56.6 Å². The molecule has 23 aromatic rings. The zero-order valence-electron chi connectivity index (χ0n) is 70.3. The SMILES string of the molecule is c1ccc(-c2cc3c4c(cccc4c2)N(c2cccc(-n4c5ccccc5c5ccccc54)c2)c2ccccc2-3)cc1.c1ccc(-c2cc3c4c(cccc4c2)N(c2ccccc2)c2cccnc2-3)cc1.c1ccc(-c2cc3c4c(cccc4c2)N(c2ccccc2)c2ccncc2-3)cc1.c1ccc(-c2cc3c4c(cccc4c2)N(c2ccccc2)c2cnccc2-3)cc1. The van der Waals surface area contributed by atoms with Crippen molar-refractivity contribution in [3.05, 3.63) is 486 Å². The van der Waals surface area contributed by atoms with Crippen molar-refractivity contribution >= 4 is 133 Å². The third-order valence-electron chi connectivity index (χ3n) is 25.6. The molecule has 4 aliphatic heterocycles. The molecule has 27 rings (SSSR count). The molecule has 0 radical (unpaired) electrons. The second kappa shape index (κ2) is 32.1. The maximum absolute atomic E-state index is 4.81. The lowest BCUT2D eigenvalue weighted by atomic mass is 9.88. The molecule has 604 valence electrons. The van der Waals surface area contributed by atoms with E-state index in [0.29, 0.717) is 0 Å². The summed E-state index contributed by atoms with van der Waals surface area (Å²) in [5, 5.41) is 12.6. The fourth-order valence-corrected chi connectivity index (χ4v) is 20.0. The molecule has 0 unspecified atom stereocenters. The Morgan fingerprint density at radius 1 is 0.171 bits per heavy atom. The van der Waals surface area contributed by atoms with Crippen molar-refractivity contribution in [3.8, 4) is 94.8 Å². The van der Waals surface area contributed by atoms with Crippen LogP contribution in [0.1, 0.15) is 0 Å². The highest BCUT2D eigenvalue weighted by atomic mass is 15.2. The number of pyridine rings is 3. The van der Waals surface area contributed by atoms with E-state index in [1.54, 1.807) is 0 Å². The number of hydrogen-bond donors (Lipinski definition) is 0. The molecule has 0 atom stereocenters. The Kier molecular flexibility index (Phi) is 18.8. The molecule has 0 N–H and O–H groups in total. The van der Waals surface area contributed by atoms with Crippen molar-refractivity contribution in [2.75, 3.05) is 19.6 Å². The Balaban J connectivity index is 0.0000000970. The Bertz CT molecular complexity index is 7690. The summed E-state index contributed by atoms with van der Waals surface area (Å²) in [7, 11) is 0. The van der Waals surface area contributed by atoms with Crippen LogP contribution in [0.3, 0.4) is 0 Å². The van der Waals surface area contributed by atoms with Gasteiger partial charge in [0.05, 0.1) is 68.4 Å². The average molecular weight is 1650 g/mol. The van der Waals surface area contributed by atoms with Gasteiger partial charge in [0.1, 0.15) is 0 Å². The highest BCUT2D eigenvalue weighted by Crippen LogP contribution is 2.57. The molecule has 0 bridgehead atoms. The summed E-state index contributed by atoms with van der Waals surface area (Å²) >= 11 is 0. The number of anilines is 12. The summed E-state index contributed by atoms with van der Waals surface area (Å²) in [6, 6.07) is 162. The van der Waals surface area contributed by atoms with Gasteiger partial charge in [-0.15, -0.1) is 0 Å². The van der Waals surface area contributed by atoms with Crippen molar-refractivity contribution in [3.63, 3.8) is 0 Å². The Morgan fingerprint density at radius 2 is 0.496 bits per heavy atom. The number of hydrogen-bond acceptors (Lipinski definition) is 7. The monoisotopic (exact) mass is 1640 g/mol. The molecule has 129 heavy (non-hydrogen) atoms. The number of aromatic nitrogens is 4. The lowest BCUT2D eigenvalue weighted by Gasteiger charge is -2.34. The van der Waals surface area contributed by atoms with Crippen molar-refractivity contribution in [1.82, 2.24) is 19.5 Å². The fraction of sp³-hybridized carbons (Fsp3) is 0. The van der Waals surface area contributed by atoms with Gasteiger partial charge in [0.25, 0.3) is 0 Å². The van der Waals surface area contributed by atoms with E-state index >= 15 is 0 Å². The van der Waals surface area contributed by atoms with Crippen LogP contribution in [0.5, 0.6) is 0 Å². The van der Waals surface area contributed by atoms with Crippen LogP contribution in [0.2, 0.25) is 0 Å². The quantitative estimate of drug-likeness (QED) is 0.143. The van der Waals surface area contributed by atoms with Crippen LogP contribution in [0.25, 0.3) is 160 Å². The third kappa shape index (κ3) is 13.2. The third-order valence-corrected chi connectivity index (χ3v) is 25.6. The molecule has 0 amide bonds. The van der Waals surface area contributed by atoms with Crippen LogP contribution in [0, 0.1) is 0 Å². The molecule has 0 saturated carbocycles. The predicted molar refractivity (Wildman–Crippen MR) is 540 cm³/mol. The minimum Gasteiger partial charge on any atom is -0.309 e.